The van der Waals surface area contributed by atoms with Gasteiger partial charge in [0, 0.05) is 6.04 Å². The van der Waals surface area contributed by atoms with Crippen molar-refractivity contribution in [2.24, 2.45) is 0 Å². The molecular weight excluding hydrogens is 758 g/mol. The number of halogens is 3. The van der Waals surface area contributed by atoms with Crippen molar-refractivity contribution in [1.82, 2.24) is 0 Å². The Kier molecular flexibility index (Phi) is 8.48. The first-order valence-corrected chi connectivity index (χ1v) is 28.1. The second-order valence-electron chi connectivity index (χ2n) is 9.03. The summed E-state index contributed by atoms with van der Waals surface area (Å²) in [5, 5.41) is 0. The molecule has 0 radical (unpaired) electrons. The third-order valence-electron chi connectivity index (χ3n) is 6.13. The van der Waals surface area contributed by atoms with Gasteiger partial charge in [-0.2, -0.15) is 21.6 Å². The summed E-state index contributed by atoms with van der Waals surface area (Å²) < 4.78 is 144. The molecule has 0 aromatic rings. The highest BCUT2D eigenvalue weighted by atomic mass is 32.2. The largest absolute Gasteiger partial charge is 0.523 e. The highest BCUT2D eigenvalue weighted by Crippen LogP contribution is 2.50. The van der Waals surface area contributed by atoms with Crippen molar-refractivity contribution < 1.29 is 75.2 Å². The molecule has 15 nitrogen and oxygen atoms in total. The number of hydrogen-bond donors (Lipinski definition) is 0. The molecule has 0 saturated carbocycles. The molecule has 0 aliphatic carbocycles. The lowest BCUT2D eigenvalue weighted by Gasteiger charge is -2.60. The van der Waals surface area contributed by atoms with E-state index in [4.69, 9.17) is 49.4 Å². The lowest BCUT2D eigenvalue weighted by molar-refractivity contribution is -0.0545. The second-order valence-corrected chi connectivity index (χ2v) is 33.6. The molecule has 8 bridgehead atoms. The zero-order valence-electron chi connectivity index (χ0n) is 22.6. The van der Waals surface area contributed by atoms with E-state index in [0.717, 1.165) is 17.1 Å². The van der Waals surface area contributed by atoms with Crippen LogP contribution in [0.15, 0.2) is 85.9 Å². The normalized spacial score (nSPS) is 46.3. The Balaban J connectivity index is 1.80. The predicted octanol–water partition coefficient (Wildman–Crippen LogP) is 1.71. The average Bonchev–Trinajstić information content (AvgIpc) is 2.91. The fraction of sp³-hybridized carbons (Fsp3) is 0.176. The van der Waals surface area contributed by atoms with E-state index in [1.807, 2.05) is 0 Å². The first kappa shape index (κ1) is 34.5. The van der Waals surface area contributed by atoms with Crippen molar-refractivity contribution in [2.45, 2.75) is 11.6 Å². The van der Waals surface area contributed by atoms with Crippen LogP contribution in [0.1, 0.15) is 0 Å². The molecule has 0 atom stereocenters. The van der Waals surface area contributed by atoms with Crippen LogP contribution in [-0.2, 0) is 63.7 Å². The topological polar surface area (TPSA) is 154 Å². The lowest BCUT2D eigenvalue weighted by atomic mass is 10.9. The molecule has 0 amide bonds. The predicted molar refractivity (Wildman–Crippen MR) is 156 cm³/mol. The fourth-order valence-electron chi connectivity index (χ4n) is 4.31. The summed E-state index contributed by atoms with van der Waals surface area (Å²) >= 11 is 0. The van der Waals surface area contributed by atoms with Gasteiger partial charge in [-0.05, 0) is 39.9 Å². The Hall–Kier alpha value is -0.865. The highest BCUT2D eigenvalue weighted by Gasteiger charge is 2.81. The SMILES string of the molecule is C=C[Si]12O[Si]3(C=C)O[Si]4(C=C)O[Si](C=C)(O1)O[Si]1(C=C)O[Si](C=C)(O2)O[Si](C=C)(O3)O[Si](CCOS(=O)(=O)C(F)(F)F)(O4)O1. The average molecular weight is 783 g/mol. The van der Waals surface area contributed by atoms with Gasteiger partial charge in [-0.15, -0.1) is 46.1 Å². The van der Waals surface area contributed by atoms with Crippen molar-refractivity contribution in [2.75, 3.05) is 6.61 Å². The molecule has 242 valence electrons. The summed E-state index contributed by atoms with van der Waals surface area (Å²) in [5.41, 5.74) is 2.38. The van der Waals surface area contributed by atoms with Crippen LogP contribution < -0.4 is 0 Å². The van der Waals surface area contributed by atoms with Crippen LogP contribution in [-0.4, -0.2) is 91.0 Å². The Morgan fingerprint density at radius 3 is 0.932 bits per heavy atom. The third kappa shape index (κ3) is 5.56. The van der Waals surface area contributed by atoms with Gasteiger partial charge in [0.15, 0.2) is 0 Å². The maximum Gasteiger partial charge on any atom is 0.523 e. The van der Waals surface area contributed by atoms with Crippen molar-refractivity contribution in [3.8, 4) is 0 Å². The molecule has 0 spiro atoms. The minimum absolute atomic E-state index is 0.801. The zero-order chi connectivity index (χ0) is 32.6. The minimum atomic E-state index is -6.05. The van der Waals surface area contributed by atoms with Gasteiger partial charge in [-0.3, -0.25) is 4.18 Å². The summed E-state index contributed by atoms with van der Waals surface area (Å²) in [5.74, 6) is 0. The van der Waals surface area contributed by atoms with Crippen LogP contribution in [0, 0.1) is 0 Å². The summed E-state index contributed by atoms with van der Waals surface area (Å²) in [7, 11) is -42.1. The van der Waals surface area contributed by atoms with Gasteiger partial charge in [-0.1, -0.05) is 0 Å². The first-order valence-electron chi connectivity index (χ1n) is 12.2. The molecule has 6 aliphatic rings. The summed E-state index contributed by atoms with van der Waals surface area (Å²) in [6, 6.07) is -0.801. The molecule has 0 aromatic heterocycles. The Labute approximate surface area is 259 Å². The maximum atomic E-state index is 13.1. The van der Waals surface area contributed by atoms with E-state index in [2.05, 4.69) is 50.2 Å². The quantitative estimate of drug-likeness (QED) is 0.170. The molecule has 6 aliphatic heterocycles. The molecule has 0 N–H and O–H groups in total. The zero-order valence-corrected chi connectivity index (χ0v) is 31.4. The van der Waals surface area contributed by atoms with E-state index in [1.54, 1.807) is 0 Å². The lowest BCUT2D eigenvalue weighted by Crippen LogP contribution is -2.87. The molecule has 44 heavy (non-hydrogen) atoms. The summed E-state index contributed by atoms with van der Waals surface area (Å²) in [6.07, 6.45) is 0. The van der Waals surface area contributed by atoms with Gasteiger partial charge in [0.2, 0.25) is 0 Å². The Morgan fingerprint density at radius 2 is 0.727 bits per heavy atom. The van der Waals surface area contributed by atoms with E-state index >= 15 is 0 Å². The van der Waals surface area contributed by atoms with Crippen LogP contribution in [0.5, 0.6) is 0 Å². The standard InChI is InChI=1S/C17H25F3O15SSi8/c1-8-37-24-38(9-2)27-41(12-5)29-39(10-3,25-37)31-43(14-7)32-40(11-4,26-37)30-42(13-6,28-38)34-44(33-41,35-43)16-15-23-36(21,22)17(18,19)20/h8-14H,1-7,15-16H2. The monoisotopic (exact) mass is 782 g/mol. The van der Waals surface area contributed by atoms with Gasteiger partial charge in [0.05, 0.1) is 6.61 Å². The van der Waals surface area contributed by atoms with E-state index in [0.29, 0.717) is 0 Å². The van der Waals surface area contributed by atoms with Crippen LogP contribution in [0.25, 0.3) is 0 Å². The van der Waals surface area contributed by atoms with Crippen LogP contribution >= 0.6 is 0 Å². The number of alkyl halides is 3. The molecule has 6 saturated heterocycles. The molecule has 27 heteroatoms. The second kappa shape index (κ2) is 10.8. The van der Waals surface area contributed by atoms with Gasteiger partial charge in [0.1, 0.15) is 0 Å². The molecule has 6 heterocycles. The smallest absolute Gasteiger partial charge is 0.370 e. The van der Waals surface area contributed by atoms with Crippen LogP contribution in [0.2, 0.25) is 6.04 Å². The van der Waals surface area contributed by atoms with Crippen molar-refractivity contribution >= 4 is 80.6 Å². The van der Waals surface area contributed by atoms with Gasteiger partial charge in [-0.25, -0.2) is 0 Å². The minimum Gasteiger partial charge on any atom is -0.370 e. The van der Waals surface area contributed by atoms with Crippen LogP contribution in [0.3, 0.4) is 0 Å². The maximum absolute atomic E-state index is 13.1. The van der Waals surface area contributed by atoms with Crippen molar-refractivity contribution in [3.63, 3.8) is 0 Å². The van der Waals surface area contributed by atoms with E-state index in [9.17, 15) is 21.6 Å². The van der Waals surface area contributed by atoms with Crippen molar-refractivity contribution in [1.29, 1.82) is 0 Å². The molecule has 0 unspecified atom stereocenters. The summed E-state index contributed by atoms with van der Waals surface area (Å²) in [4.78, 5) is 0. The molecule has 0 aromatic carbocycles. The number of hydrogen-bond acceptors (Lipinski definition) is 15. The number of rotatable bonds is 11. The highest BCUT2D eigenvalue weighted by molar-refractivity contribution is 7.87. The Morgan fingerprint density at radius 1 is 0.500 bits per heavy atom. The van der Waals surface area contributed by atoms with E-state index in [-0.39, 0.29) is 0 Å². The Bertz CT molecular complexity index is 1290. The molecule has 6 fully saturated rings. The molecular formula is C17H25F3O15SSi8. The van der Waals surface area contributed by atoms with Crippen LogP contribution in [0.4, 0.5) is 13.2 Å². The molecule has 6 rings (SSSR count). The first-order chi connectivity index (χ1) is 20.4. The van der Waals surface area contributed by atoms with Gasteiger partial charge < -0.3 is 49.4 Å². The van der Waals surface area contributed by atoms with E-state index in [1.165, 1.54) is 22.8 Å². The van der Waals surface area contributed by atoms with Gasteiger partial charge >= 0.3 is 86.1 Å². The summed E-state index contributed by atoms with van der Waals surface area (Å²) in [6.45, 7) is 25.3. The third-order valence-corrected chi connectivity index (χ3v) is 39.1. The van der Waals surface area contributed by atoms with E-state index < -0.39 is 98.7 Å². The fourth-order valence-corrected chi connectivity index (χ4v) is 45.9. The van der Waals surface area contributed by atoms with Gasteiger partial charge in [0.25, 0.3) is 0 Å². The van der Waals surface area contributed by atoms with Crippen molar-refractivity contribution in [3.05, 3.63) is 85.9 Å².